The van der Waals surface area contributed by atoms with Gasteiger partial charge in [0.2, 0.25) is 15.9 Å². The fraction of sp³-hybridized carbons (Fsp3) is 0.235. The monoisotopic (exact) mass is 400 g/mol. The van der Waals surface area contributed by atoms with Crippen molar-refractivity contribution in [2.24, 2.45) is 0 Å². The highest BCUT2D eigenvalue weighted by atomic mass is 35.5. The largest absolute Gasteiger partial charge is 0.492 e. The van der Waals surface area contributed by atoms with Crippen LogP contribution in [0, 0.1) is 5.82 Å². The number of hydrogen-bond donors (Lipinski definition) is 1. The molecule has 0 saturated heterocycles. The predicted octanol–water partition coefficient (Wildman–Crippen LogP) is 3.14. The van der Waals surface area contributed by atoms with Gasteiger partial charge in [-0.3, -0.25) is 4.79 Å². The van der Waals surface area contributed by atoms with Crippen molar-refractivity contribution in [1.82, 2.24) is 4.31 Å². The molecule has 9 heteroatoms. The second kappa shape index (κ2) is 8.48. The summed E-state index contributed by atoms with van der Waals surface area (Å²) in [6.07, 6.45) is 0. The minimum absolute atomic E-state index is 0.0209. The summed E-state index contributed by atoms with van der Waals surface area (Å²) in [6.45, 7) is 1.69. The number of nitrogens with one attached hydrogen (secondary N) is 1. The first kappa shape index (κ1) is 20.2. The molecule has 1 N–H and O–H groups in total. The Morgan fingerprint density at radius 1 is 1.27 bits per heavy atom. The van der Waals surface area contributed by atoms with Crippen molar-refractivity contribution in [1.29, 1.82) is 0 Å². The van der Waals surface area contributed by atoms with Crippen molar-refractivity contribution in [3.63, 3.8) is 0 Å². The Balaban J connectivity index is 2.12. The number of halogens is 2. The molecule has 2 rings (SSSR count). The summed E-state index contributed by atoms with van der Waals surface area (Å²) >= 11 is 6.02. The van der Waals surface area contributed by atoms with E-state index in [2.05, 4.69) is 5.32 Å². The molecule has 0 spiro atoms. The molecule has 0 fully saturated rings. The lowest BCUT2D eigenvalue weighted by molar-refractivity contribution is -0.116. The quantitative estimate of drug-likeness (QED) is 0.774. The standard InChI is InChI=1S/C17H18ClFN2O4S/c1-3-25-16-9-8-12(10-13(16)18)26(23,24)21(2)11-17(22)20-15-7-5-4-6-14(15)19/h4-10H,3,11H2,1-2H3,(H,20,22). The maximum atomic E-state index is 13.6. The number of sulfonamides is 1. The minimum Gasteiger partial charge on any atom is -0.492 e. The molecule has 0 aliphatic carbocycles. The number of carbonyl (C=O) groups is 1. The third-order valence-electron chi connectivity index (χ3n) is 3.43. The molecule has 0 radical (unpaired) electrons. The number of rotatable bonds is 7. The first-order valence-corrected chi connectivity index (χ1v) is 9.50. The second-order valence-electron chi connectivity index (χ2n) is 5.31. The van der Waals surface area contributed by atoms with Crippen LogP contribution in [0.15, 0.2) is 47.4 Å². The Hall–Kier alpha value is -2.16. The van der Waals surface area contributed by atoms with Crippen molar-refractivity contribution >= 4 is 33.2 Å². The molecule has 0 aliphatic heterocycles. The Morgan fingerprint density at radius 2 is 1.96 bits per heavy atom. The number of carbonyl (C=O) groups excluding carboxylic acids is 1. The molecule has 6 nitrogen and oxygen atoms in total. The van der Waals surface area contributed by atoms with Crippen molar-refractivity contribution in [3.05, 3.63) is 53.3 Å². The number of amides is 1. The Bertz CT molecular complexity index is 905. The molecule has 26 heavy (non-hydrogen) atoms. The van der Waals surface area contributed by atoms with Crippen LogP contribution >= 0.6 is 11.6 Å². The zero-order valence-electron chi connectivity index (χ0n) is 14.2. The van der Waals surface area contributed by atoms with E-state index in [1.165, 1.54) is 43.4 Å². The molecule has 0 saturated carbocycles. The number of benzene rings is 2. The van der Waals surface area contributed by atoms with E-state index in [0.717, 1.165) is 4.31 Å². The SMILES string of the molecule is CCOc1ccc(S(=O)(=O)N(C)CC(=O)Nc2ccccc2F)cc1Cl. The van der Waals surface area contributed by atoms with Crippen LogP contribution in [0.1, 0.15) is 6.92 Å². The molecular weight excluding hydrogens is 383 g/mol. The molecular formula is C17H18ClFN2O4S. The van der Waals surface area contributed by atoms with Gasteiger partial charge >= 0.3 is 0 Å². The van der Waals surface area contributed by atoms with Gasteiger partial charge in [-0.05, 0) is 37.3 Å². The van der Waals surface area contributed by atoms with Gasteiger partial charge in [-0.25, -0.2) is 12.8 Å². The van der Waals surface area contributed by atoms with Gasteiger partial charge in [0.1, 0.15) is 11.6 Å². The highest BCUT2D eigenvalue weighted by Gasteiger charge is 2.24. The van der Waals surface area contributed by atoms with Crippen LogP contribution in [0.25, 0.3) is 0 Å². The summed E-state index contributed by atoms with van der Waals surface area (Å²) < 4.78 is 44.8. The third kappa shape index (κ3) is 4.72. The molecule has 2 aromatic rings. The first-order valence-electron chi connectivity index (χ1n) is 7.68. The molecule has 0 bridgehead atoms. The van der Waals surface area contributed by atoms with Gasteiger partial charge < -0.3 is 10.1 Å². The number of anilines is 1. The molecule has 140 valence electrons. The Kier molecular flexibility index (Phi) is 6.57. The lowest BCUT2D eigenvalue weighted by Crippen LogP contribution is -2.35. The highest BCUT2D eigenvalue weighted by Crippen LogP contribution is 2.28. The molecule has 0 aromatic heterocycles. The third-order valence-corrected chi connectivity index (χ3v) is 5.52. The normalized spacial score (nSPS) is 11.4. The summed E-state index contributed by atoms with van der Waals surface area (Å²) in [5, 5.41) is 2.49. The summed E-state index contributed by atoms with van der Waals surface area (Å²) in [7, 11) is -2.70. The van der Waals surface area contributed by atoms with E-state index < -0.39 is 28.3 Å². The zero-order chi connectivity index (χ0) is 19.3. The van der Waals surface area contributed by atoms with E-state index >= 15 is 0 Å². The number of likely N-dealkylation sites (N-methyl/N-ethyl adjacent to an activating group) is 1. The zero-order valence-corrected chi connectivity index (χ0v) is 15.8. The molecule has 0 unspecified atom stereocenters. The van der Waals surface area contributed by atoms with Crippen LogP contribution in [-0.4, -0.2) is 38.8 Å². The molecule has 2 aromatic carbocycles. The summed E-state index contributed by atoms with van der Waals surface area (Å²) in [5.74, 6) is -0.907. The van der Waals surface area contributed by atoms with Crippen LogP contribution in [-0.2, 0) is 14.8 Å². The maximum Gasteiger partial charge on any atom is 0.243 e. The second-order valence-corrected chi connectivity index (χ2v) is 7.77. The van der Waals surface area contributed by atoms with Gasteiger partial charge in [0, 0.05) is 7.05 Å². The van der Waals surface area contributed by atoms with E-state index in [9.17, 15) is 17.6 Å². The van der Waals surface area contributed by atoms with E-state index in [1.807, 2.05) is 0 Å². The smallest absolute Gasteiger partial charge is 0.243 e. The van der Waals surface area contributed by atoms with Gasteiger partial charge in [0.25, 0.3) is 0 Å². The van der Waals surface area contributed by atoms with Crippen LogP contribution in [0.2, 0.25) is 5.02 Å². The highest BCUT2D eigenvalue weighted by molar-refractivity contribution is 7.89. The number of ether oxygens (including phenoxy) is 1. The minimum atomic E-state index is -3.95. The van der Waals surface area contributed by atoms with Crippen molar-refractivity contribution in [2.45, 2.75) is 11.8 Å². The van der Waals surface area contributed by atoms with Crippen molar-refractivity contribution in [3.8, 4) is 5.75 Å². The predicted molar refractivity (Wildman–Crippen MR) is 97.5 cm³/mol. The number of nitrogens with zero attached hydrogens (tertiary/aromatic N) is 1. The molecule has 0 heterocycles. The van der Waals surface area contributed by atoms with Crippen LogP contribution in [0.5, 0.6) is 5.75 Å². The van der Waals surface area contributed by atoms with E-state index in [1.54, 1.807) is 13.0 Å². The average molecular weight is 401 g/mol. The van der Waals surface area contributed by atoms with Gasteiger partial charge in [0.15, 0.2) is 0 Å². The molecule has 0 atom stereocenters. The van der Waals surface area contributed by atoms with Gasteiger partial charge in [-0.1, -0.05) is 23.7 Å². The lowest BCUT2D eigenvalue weighted by Gasteiger charge is -2.17. The average Bonchev–Trinajstić information content (AvgIpc) is 2.58. The lowest BCUT2D eigenvalue weighted by atomic mass is 10.3. The molecule has 1 amide bonds. The van der Waals surface area contributed by atoms with Crippen molar-refractivity contribution < 1.29 is 22.3 Å². The first-order chi connectivity index (χ1) is 12.3. The van der Waals surface area contributed by atoms with E-state index in [-0.39, 0.29) is 15.6 Å². The molecule has 0 aliphatic rings. The van der Waals surface area contributed by atoms with E-state index in [4.69, 9.17) is 16.3 Å². The van der Waals surface area contributed by atoms with Gasteiger partial charge in [-0.2, -0.15) is 4.31 Å². The Labute approximate surface area is 156 Å². The van der Waals surface area contributed by atoms with Gasteiger partial charge in [-0.15, -0.1) is 0 Å². The van der Waals surface area contributed by atoms with Crippen LogP contribution < -0.4 is 10.1 Å². The fourth-order valence-corrected chi connectivity index (χ4v) is 3.59. The number of para-hydroxylation sites is 1. The summed E-state index contributed by atoms with van der Waals surface area (Å²) in [4.78, 5) is 12.0. The van der Waals surface area contributed by atoms with Gasteiger partial charge in [0.05, 0.1) is 28.8 Å². The Morgan fingerprint density at radius 3 is 2.58 bits per heavy atom. The van der Waals surface area contributed by atoms with Crippen LogP contribution in [0.3, 0.4) is 0 Å². The summed E-state index contributed by atoms with van der Waals surface area (Å²) in [5.41, 5.74) is -0.0209. The van der Waals surface area contributed by atoms with Crippen molar-refractivity contribution in [2.75, 3.05) is 25.5 Å². The maximum absolute atomic E-state index is 13.6. The number of hydrogen-bond acceptors (Lipinski definition) is 4. The van der Waals surface area contributed by atoms with Crippen LogP contribution in [0.4, 0.5) is 10.1 Å². The topological polar surface area (TPSA) is 75.7 Å². The summed E-state index contributed by atoms with van der Waals surface area (Å²) in [6, 6.07) is 9.67. The van der Waals surface area contributed by atoms with E-state index in [0.29, 0.717) is 12.4 Å². The fourth-order valence-electron chi connectivity index (χ4n) is 2.13.